The summed E-state index contributed by atoms with van der Waals surface area (Å²) in [6.07, 6.45) is 1.65. The second kappa shape index (κ2) is 5.02. The molecule has 1 heterocycles. The lowest BCUT2D eigenvalue weighted by Gasteiger charge is -1.96. The van der Waals surface area contributed by atoms with Crippen LogP contribution in [0.25, 0.3) is 10.9 Å². The molecule has 0 radical (unpaired) electrons. The van der Waals surface area contributed by atoms with Gasteiger partial charge >= 0.3 is 0 Å². The lowest BCUT2D eigenvalue weighted by molar-refractivity contribution is 0.457. The molecule has 2 aromatic carbocycles. The van der Waals surface area contributed by atoms with Gasteiger partial charge in [-0.15, -0.1) is 0 Å². The van der Waals surface area contributed by atoms with Crippen molar-refractivity contribution in [1.29, 1.82) is 0 Å². The van der Waals surface area contributed by atoms with Gasteiger partial charge in [0, 0.05) is 22.1 Å². The third-order valence-corrected chi connectivity index (χ3v) is 3.36. The van der Waals surface area contributed by atoms with E-state index in [9.17, 15) is 5.11 Å². The fourth-order valence-corrected chi connectivity index (χ4v) is 2.33. The van der Waals surface area contributed by atoms with E-state index in [0.717, 1.165) is 22.2 Å². The fraction of sp³-hybridized carbons (Fsp3) is 0.0625. The molecule has 0 saturated carbocycles. The number of aryl methyl sites for hydroxylation is 1. The summed E-state index contributed by atoms with van der Waals surface area (Å²) in [4.78, 5) is 7.31. The van der Waals surface area contributed by atoms with E-state index in [0.29, 0.717) is 10.6 Å². The molecule has 0 atom stereocenters. The number of halogens is 1. The van der Waals surface area contributed by atoms with Crippen LogP contribution in [0.4, 0.5) is 5.69 Å². The highest BCUT2D eigenvalue weighted by atomic mass is 35.5. The first-order valence-electron chi connectivity index (χ1n) is 6.24. The Morgan fingerprint density at radius 3 is 2.85 bits per heavy atom. The second-order valence-electron chi connectivity index (χ2n) is 4.67. The van der Waals surface area contributed by atoms with Crippen molar-refractivity contribution in [3.8, 4) is 5.88 Å². The summed E-state index contributed by atoms with van der Waals surface area (Å²) in [5.41, 5.74) is 3.46. The second-order valence-corrected chi connectivity index (χ2v) is 5.11. The quantitative estimate of drug-likeness (QED) is 0.665. The third kappa shape index (κ3) is 2.40. The summed E-state index contributed by atoms with van der Waals surface area (Å²) >= 11 is 5.92. The average Bonchev–Trinajstić information content (AvgIpc) is 2.71. The molecule has 0 spiro atoms. The molecular weight excluding hydrogens is 272 g/mol. The van der Waals surface area contributed by atoms with Crippen LogP contribution in [0.5, 0.6) is 5.88 Å². The van der Waals surface area contributed by atoms with E-state index < -0.39 is 0 Å². The zero-order valence-electron chi connectivity index (χ0n) is 10.9. The summed E-state index contributed by atoms with van der Waals surface area (Å²) in [6.45, 7) is 2.01. The first kappa shape index (κ1) is 12.8. The van der Waals surface area contributed by atoms with Crippen LogP contribution in [-0.2, 0) is 0 Å². The van der Waals surface area contributed by atoms with E-state index in [4.69, 9.17) is 11.6 Å². The van der Waals surface area contributed by atoms with Crippen molar-refractivity contribution < 1.29 is 5.11 Å². The van der Waals surface area contributed by atoms with Gasteiger partial charge < -0.3 is 10.1 Å². The van der Waals surface area contributed by atoms with Gasteiger partial charge in [-0.1, -0.05) is 29.8 Å². The predicted molar refractivity (Wildman–Crippen MR) is 83.4 cm³/mol. The molecule has 1 aromatic heterocycles. The van der Waals surface area contributed by atoms with Crippen molar-refractivity contribution in [1.82, 2.24) is 4.98 Å². The maximum absolute atomic E-state index is 9.99. The number of aromatic amines is 1. The average molecular weight is 285 g/mol. The number of aromatic hydroxyl groups is 1. The van der Waals surface area contributed by atoms with Gasteiger partial charge in [-0.05, 0) is 36.8 Å². The Morgan fingerprint density at radius 2 is 2.05 bits per heavy atom. The van der Waals surface area contributed by atoms with E-state index in [1.54, 1.807) is 18.3 Å². The van der Waals surface area contributed by atoms with Crippen molar-refractivity contribution in [2.75, 3.05) is 0 Å². The van der Waals surface area contributed by atoms with Crippen molar-refractivity contribution in [2.45, 2.75) is 6.92 Å². The lowest BCUT2D eigenvalue weighted by atomic mass is 10.1. The Morgan fingerprint density at radius 1 is 1.20 bits per heavy atom. The number of aliphatic imine (C=N–C) groups is 1. The molecule has 0 unspecified atom stereocenters. The summed E-state index contributed by atoms with van der Waals surface area (Å²) < 4.78 is 0. The first-order chi connectivity index (χ1) is 9.63. The maximum atomic E-state index is 9.99. The number of nitrogens with one attached hydrogen (secondary N) is 1. The summed E-state index contributed by atoms with van der Waals surface area (Å²) in [5.74, 6) is 0.122. The molecule has 3 aromatic rings. The van der Waals surface area contributed by atoms with E-state index in [1.807, 2.05) is 37.3 Å². The molecule has 0 amide bonds. The number of nitrogens with zero attached hydrogens (tertiary/aromatic N) is 1. The van der Waals surface area contributed by atoms with E-state index in [2.05, 4.69) is 9.98 Å². The molecule has 100 valence electrons. The van der Waals surface area contributed by atoms with Crippen molar-refractivity contribution in [3.63, 3.8) is 0 Å². The number of fused-ring (bicyclic) bond motifs is 1. The Hall–Kier alpha value is -2.26. The highest BCUT2D eigenvalue weighted by molar-refractivity contribution is 6.30. The zero-order valence-corrected chi connectivity index (χ0v) is 11.6. The van der Waals surface area contributed by atoms with E-state index >= 15 is 0 Å². The molecule has 0 aliphatic carbocycles. The number of hydrogen-bond donors (Lipinski definition) is 2. The first-order valence-corrected chi connectivity index (χ1v) is 6.62. The fourth-order valence-electron chi connectivity index (χ4n) is 2.15. The van der Waals surface area contributed by atoms with Gasteiger partial charge in [0.2, 0.25) is 0 Å². The minimum absolute atomic E-state index is 0.122. The Kier molecular flexibility index (Phi) is 3.20. The molecule has 20 heavy (non-hydrogen) atoms. The van der Waals surface area contributed by atoms with Crippen molar-refractivity contribution in [2.24, 2.45) is 4.99 Å². The summed E-state index contributed by atoms with van der Waals surface area (Å²) in [6, 6.07) is 13.2. The highest BCUT2D eigenvalue weighted by Crippen LogP contribution is 2.27. The molecule has 0 saturated heterocycles. The molecule has 0 fully saturated rings. The van der Waals surface area contributed by atoms with Gasteiger partial charge in [0.25, 0.3) is 0 Å². The van der Waals surface area contributed by atoms with Gasteiger partial charge in [0.05, 0.1) is 11.3 Å². The van der Waals surface area contributed by atoms with Gasteiger partial charge in [0.15, 0.2) is 5.88 Å². The smallest absolute Gasteiger partial charge is 0.198 e. The number of rotatable bonds is 2. The Bertz CT molecular complexity index is 805. The van der Waals surface area contributed by atoms with Gasteiger partial charge in [-0.25, -0.2) is 0 Å². The predicted octanol–water partition coefficient (Wildman–Crippen LogP) is 4.59. The molecular formula is C16H13ClN2O. The van der Waals surface area contributed by atoms with Crippen molar-refractivity contribution >= 4 is 34.4 Å². The molecule has 0 aliphatic rings. The van der Waals surface area contributed by atoms with Crippen LogP contribution in [0, 0.1) is 6.92 Å². The van der Waals surface area contributed by atoms with Crippen molar-refractivity contribution in [3.05, 3.63) is 58.6 Å². The number of benzene rings is 2. The minimum Gasteiger partial charge on any atom is -0.494 e. The normalized spacial score (nSPS) is 11.5. The third-order valence-electron chi connectivity index (χ3n) is 3.12. The highest BCUT2D eigenvalue weighted by Gasteiger charge is 2.08. The summed E-state index contributed by atoms with van der Waals surface area (Å²) in [5, 5.41) is 11.6. The number of aromatic nitrogens is 1. The molecule has 2 N–H and O–H groups in total. The number of H-pyrrole nitrogens is 1. The Balaban J connectivity index is 2.04. The molecule has 3 rings (SSSR count). The molecule has 4 heteroatoms. The van der Waals surface area contributed by atoms with Gasteiger partial charge in [-0.2, -0.15) is 0 Å². The molecule has 3 nitrogen and oxygen atoms in total. The van der Waals surface area contributed by atoms with Crippen LogP contribution in [0.1, 0.15) is 11.1 Å². The molecule has 0 aliphatic heterocycles. The van der Waals surface area contributed by atoms with Crippen LogP contribution >= 0.6 is 11.6 Å². The van der Waals surface area contributed by atoms with E-state index in [1.165, 1.54) is 0 Å². The lowest BCUT2D eigenvalue weighted by Crippen LogP contribution is -1.79. The maximum Gasteiger partial charge on any atom is 0.198 e. The standard InChI is InChI=1S/C16H13ClN2O/c1-10-5-6-13-14(16(20)19-15(13)7-10)9-18-12-4-2-3-11(17)8-12/h2-9,19-20H,1H3. The van der Waals surface area contributed by atoms with E-state index in [-0.39, 0.29) is 5.88 Å². The van der Waals surface area contributed by atoms with Crippen LogP contribution in [0.2, 0.25) is 5.02 Å². The number of hydrogen-bond acceptors (Lipinski definition) is 2. The monoisotopic (exact) mass is 284 g/mol. The minimum atomic E-state index is 0.122. The zero-order chi connectivity index (χ0) is 14.1. The largest absolute Gasteiger partial charge is 0.494 e. The summed E-state index contributed by atoms with van der Waals surface area (Å²) in [7, 11) is 0. The van der Waals surface area contributed by atoms with Gasteiger partial charge in [0.1, 0.15) is 0 Å². The topological polar surface area (TPSA) is 48.4 Å². The van der Waals surface area contributed by atoms with Crippen LogP contribution in [-0.4, -0.2) is 16.3 Å². The van der Waals surface area contributed by atoms with Crippen LogP contribution < -0.4 is 0 Å². The Labute approximate surface area is 121 Å². The van der Waals surface area contributed by atoms with Crippen LogP contribution in [0.3, 0.4) is 0 Å². The van der Waals surface area contributed by atoms with Crippen LogP contribution in [0.15, 0.2) is 47.5 Å². The molecule has 0 bridgehead atoms. The van der Waals surface area contributed by atoms with Gasteiger partial charge in [-0.3, -0.25) is 4.99 Å². The SMILES string of the molecule is Cc1ccc2c(C=Nc3cccc(Cl)c3)c(O)[nH]c2c1.